The maximum atomic E-state index is 6.23. The van der Waals surface area contributed by atoms with Crippen LogP contribution in [0.2, 0.25) is 0 Å². The molecule has 2 aliphatic heterocycles. The second-order valence-corrected chi connectivity index (χ2v) is 10.3. The van der Waals surface area contributed by atoms with Gasteiger partial charge in [0.05, 0.1) is 22.4 Å². The van der Waals surface area contributed by atoms with Gasteiger partial charge in [-0.1, -0.05) is 18.2 Å². The highest BCUT2D eigenvalue weighted by atomic mass is 15.2. The van der Waals surface area contributed by atoms with Gasteiger partial charge >= 0.3 is 0 Å². The average Bonchev–Trinajstić information content (AvgIpc) is 3.46. The van der Waals surface area contributed by atoms with Crippen molar-refractivity contribution in [2.24, 2.45) is 11.7 Å². The van der Waals surface area contributed by atoms with E-state index in [-0.39, 0.29) is 0 Å². The zero-order valence-corrected chi connectivity index (χ0v) is 19.1. The zero-order valence-electron chi connectivity index (χ0n) is 19.1. The van der Waals surface area contributed by atoms with Crippen LogP contribution in [0, 0.1) is 5.92 Å². The molecule has 2 aromatic carbocycles. The number of aromatic nitrogens is 3. The number of likely N-dealkylation sites (tertiary alicyclic amines) is 1. The molecule has 1 atom stereocenters. The summed E-state index contributed by atoms with van der Waals surface area (Å²) in [5, 5.41) is 4.96. The third-order valence-corrected chi connectivity index (χ3v) is 7.68. The van der Waals surface area contributed by atoms with Crippen LogP contribution < -0.4 is 11.1 Å². The third-order valence-electron chi connectivity index (χ3n) is 7.68. The van der Waals surface area contributed by atoms with Gasteiger partial charge in [-0.25, -0.2) is 4.98 Å². The van der Waals surface area contributed by atoms with Crippen LogP contribution in [0.3, 0.4) is 0 Å². The number of piperidine rings is 1. The molecule has 3 aliphatic rings. The van der Waals surface area contributed by atoms with Gasteiger partial charge in [-0.05, 0) is 68.0 Å². The minimum Gasteiger partial charge on any atom is -0.381 e. The fraction of sp³-hybridized carbons (Fsp3) is 0.444. The summed E-state index contributed by atoms with van der Waals surface area (Å²) in [7, 11) is 0. The Hall–Kier alpha value is -2.83. The number of fused-ring (bicyclic) bond motifs is 1. The summed E-state index contributed by atoms with van der Waals surface area (Å²) in [4.78, 5) is 7.76. The second kappa shape index (κ2) is 7.61. The first-order chi connectivity index (χ1) is 16.2. The molecular formula is C27H32N6. The number of anilines is 1. The van der Waals surface area contributed by atoms with E-state index in [9.17, 15) is 0 Å². The van der Waals surface area contributed by atoms with Crippen LogP contribution >= 0.6 is 0 Å². The normalized spacial score (nSPS) is 21.1. The lowest BCUT2D eigenvalue weighted by molar-refractivity contribution is 0.201. The summed E-state index contributed by atoms with van der Waals surface area (Å²) in [6.45, 7) is 6.05. The Bertz CT molecular complexity index is 1340. The minimum absolute atomic E-state index is 0.304. The molecule has 7 rings (SSSR count). The van der Waals surface area contributed by atoms with E-state index in [1.807, 2.05) is 0 Å². The Morgan fingerprint density at radius 1 is 1.06 bits per heavy atom. The first-order valence-electron chi connectivity index (χ1n) is 12.6. The molecule has 33 heavy (non-hydrogen) atoms. The van der Waals surface area contributed by atoms with Crippen molar-refractivity contribution in [1.82, 2.24) is 19.0 Å². The van der Waals surface area contributed by atoms with Crippen molar-refractivity contribution in [3.63, 3.8) is 0 Å². The summed E-state index contributed by atoms with van der Waals surface area (Å²) in [5.41, 5.74) is 13.7. The molecule has 1 saturated carbocycles. The topological polar surface area (TPSA) is 64.0 Å². The molecule has 6 nitrogen and oxygen atoms in total. The van der Waals surface area contributed by atoms with E-state index >= 15 is 0 Å². The summed E-state index contributed by atoms with van der Waals surface area (Å²) in [6.07, 6.45) is 5.03. The van der Waals surface area contributed by atoms with E-state index < -0.39 is 0 Å². The van der Waals surface area contributed by atoms with Crippen LogP contribution in [0.15, 0.2) is 42.5 Å². The number of hydrogen-bond donors (Lipinski definition) is 2. The fourth-order valence-corrected chi connectivity index (χ4v) is 5.91. The van der Waals surface area contributed by atoms with Crippen molar-refractivity contribution < 1.29 is 0 Å². The lowest BCUT2D eigenvalue weighted by atomic mass is 10.0. The van der Waals surface area contributed by atoms with Crippen LogP contribution in [-0.2, 0) is 19.6 Å². The summed E-state index contributed by atoms with van der Waals surface area (Å²) < 4.78 is 4.97. The molecular weight excluding hydrogens is 408 g/mol. The molecule has 6 heteroatoms. The van der Waals surface area contributed by atoms with Gasteiger partial charge in [-0.2, -0.15) is 0 Å². The molecule has 0 spiro atoms. The van der Waals surface area contributed by atoms with Gasteiger partial charge in [0.25, 0.3) is 0 Å². The van der Waals surface area contributed by atoms with E-state index in [0.717, 1.165) is 62.9 Å². The molecule has 0 unspecified atom stereocenters. The van der Waals surface area contributed by atoms with Crippen molar-refractivity contribution in [3.8, 4) is 11.5 Å². The second-order valence-electron chi connectivity index (χ2n) is 10.3. The van der Waals surface area contributed by atoms with Gasteiger partial charge in [0.15, 0.2) is 5.82 Å². The Morgan fingerprint density at radius 3 is 2.85 bits per heavy atom. The van der Waals surface area contributed by atoms with E-state index in [2.05, 4.69) is 61.8 Å². The predicted octanol–water partition coefficient (Wildman–Crippen LogP) is 4.42. The quantitative estimate of drug-likeness (QED) is 0.482. The lowest BCUT2D eigenvalue weighted by Gasteiger charge is -2.31. The Balaban J connectivity index is 1.34. The van der Waals surface area contributed by atoms with Gasteiger partial charge in [0.1, 0.15) is 0 Å². The summed E-state index contributed by atoms with van der Waals surface area (Å²) >= 11 is 0. The lowest BCUT2D eigenvalue weighted by Crippen LogP contribution is -2.42. The predicted molar refractivity (Wildman–Crippen MR) is 134 cm³/mol. The van der Waals surface area contributed by atoms with Crippen LogP contribution in [0.5, 0.6) is 0 Å². The smallest absolute Gasteiger partial charge is 0.157 e. The largest absolute Gasteiger partial charge is 0.381 e. The van der Waals surface area contributed by atoms with Crippen molar-refractivity contribution in [2.45, 2.75) is 51.4 Å². The number of imidazole rings is 1. The number of para-hydroxylation sites is 1. The van der Waals surface area contributed by atoms with Crippen molar-refractivity contribution in [2.75, 3.05) is 25.0 Å². The molecule has 2 fully saturated rings. The van der Waals surface area contributed by atoms with Gasteiger partial charge in [-0.3, -0.25) is 4.90 Å². The maximum Gasteiger partial charge on any atom is 0.157 e. The van der Waals surface area contributed by atoms with Gasteiger partial charge < -0.3 is 20.2 Å². The van der Waals surface area contributed by atoms with E-state index in [4.69, 9.17) is 10.7 Å². The Morgan fingerprint density at radius 2 is 1.97 bits per heavy atom. The molecule has 4 aromatic rings. The highest BCUT2D eigenvalue weighted by molar-refractivity contribution is 5.94. The van der Waals surface area contributed by atoms with Crippen molar-refractivity contribution in [1.29, 1.82) is 0 Å². The van der Waals surface area contributed by atoms with Crippen LogP contribution in [0.25, 0.3) is 33.5 Å². The third kappa shape index (κ3) is 3.44. The number of rotatable bonds is 5. The van der Waals surface area contributed by atoms with Crippen LogP contribution in [0.4, 0.5) is 5.69 Å². The molecule has 0 radical (unpaired) electrons. The molecule has 1 saturated heterocycles. The van der Waals surface area contributed by atoms with Crippen LogP contribution in [-0.4, -0.2) is 44.7 Å². The summed E-state index contributed by atoms with van der Waals surface area (Å²) in [6, 6.07) is 16.1. The van der Waals surface area contributed by atoms with Gasteiger partial charge in [0, 0.05) is 49.7 Å². The monoisotopic (exact) mass is 440 g/mol. The van der Waals surface area contributed by atoms with E-state index in [0.29, 0.717) is 6.04 Å². The molecule has 1 aliphatic carbocycles. The van der Waals surface area contributed by atoms with Gasteiger partial charge in [-0.15, -0.1) is 0 Å². The first-order valence-corrected chi connectivity index (χ1v) is 12.6. The minimum atomic E-state index is 0.304. The molecule has 170 valence electrons. The molecule has 0 bridgehead atoms. The SMILES string of the molecule is N[C@@H]1CCCN(Cc2cc3c4c(c2)nc(-c2cc5ccccc5n2CC2CC2)n4CCN3)C1. The zero-order chi connectivity index (χ0) is 21.9. The molecule has 0 amide bonds. The molecule has 4 heterocycles. The Labute approximate surface area is 194 Å². The van der Waals surface area contributed by atoms with Crippen molar-refractivity contribution >= 4 is 27.6 Å². The highest BCUT2D eigenvalue weighted by Crippen LogP contribution is 2.38. The summed E-state index contributed by atoms with van der Waals surface area (Å²) in [5.74, 6) is 1.92. The van der Waals surface area contributed by atoms with Gasteiger partial charge in [0.2, 0.25) is 0 Å². The number of nitrogens with two attached hydrogens (primary N) is 1. The highest BCUT2D eigenvalue weighted by Gasteiger charge is 2.27. The molecule has 2 aromatic heterocycles. The first kappa shape index (κ1) is 19.6. The maximum absolute atomic E-state index is 6.23. The van der Waals surface area contributed by atoms with E-state index in [1.54, 1.807) is 0 Å². The number of hydrogen-bond acceptors (Lipinski definition) is 4. The number of benzene rings is 2. The Kier molecular flexibility index (Phi) is 4.52. The standard InChI is InChI=1S/C27H32N6/c28-21-5-3-10-31(17-21)15-19-12-22-26-23(13-19)30-27(32(26)11-9-29-22)25-14-20-4-1-2-6-24(20)33(25)16-18-7-8-18/h1-2,4,6,12-14,18,21,29H,3,5,7-11,15-17,28H2/t21-/m1/s1. The average molecular weight is 441 g/mol. The van der Waals surface area contributed by atoms with Crippen molar-refractivity contribution in [3.05, 3.63) is 48.0 Å². The molecule has 3 N–H and O–H groups in total. The number of nitrogens with one attached hydrogen (secondary N) is 1. The van der Waals surface area contributed by atoms with Crippen LogP contribution in [0.1, 0.15) is 31.2 Å². The number of nitrogens with zero attached hydrogens (tertiary/aromatic N) is 4. The fourth-order valence-electron chi connectivity index (χ4n) is 5.91. The van der Waals surface area contributed by atoms with E-state index in [1.165, 1.54) is 52.6 Å².